The molecule has 0 spiro atoms. The number of nitrogens with zero attached hydrogens (tertiary/aromatic N) is 2. The lowest BCUT2D eigenvalue weighted by molar-refractivity contribution is 0.178. The summed E-state index contributed by atoms with van der Waals surface area (Å²) in [5.74, 6) is 0.572. The largest absolute Gasteiger partial charge is 0.361 e. The first kappa shape index (κ1) is 20.7. The van der Waals surface area contributed by atoms with Gasteiger partial charge in [0.25, 0.3) is 0 Å². The van der Waals surface area contributed by atoms with Crippen LogP contribution < -0.4 is 0 Å². The van der Waals surface area contributed by atoms with E-state index in [4.69, 9.17) is 0 Å². The van der Waals surface area contributed by atoms with Crippen molar-refractivity contribution in [3.05, 3.63) is 65.9 Å². The number of fused-ring (bicyclic) bond motifs is 1. The van der Waals surface area contributed by atoms with Gasteiger partial charge in [-0.05, 0) is 80.9 Å². The Labute approximate surface area is 185 Å². The van der Waals surface area contributed by atoms with Crippen molar-refractivity contribution in [3.63, 3.8) is 0 Å². The van der Waals surface area contributed by atoms with Crippen LogP contribution in [-0.2, 0) is 10.0 Å². The fourth-order valence-electron chi connectivity index (χ4n) is 5.38. The molecule has 0 aliphatic carbocycles. The predicted octanol–water partition coefficient (Wildman–Crippen LogP) is 4.51. The van der Waals surface area contributed by atoms with Gasteiger partial charge in [0.05, 0.1) is 4.90 Å². The van der Waals surface area contributed by atoms with Gasteiger partial charge in [0.1, 0.15) is 0 Å². The highest BCUT2D eigenvalue weighted by Gasteiger charge is 2.36. The van der Waals surface area contributed by atoms with E-state index in [-0.39, 0.29) is 6.04 Å². The number of aromatic amines is 1. The van der Waals surface area contributed by atoms with Gasteiger partial charge in [0, 0.05) is 36.2 Å². The van der Waals surface area contributed by atoms with E-state index in [1.54, 1.807) is 16.4 Å². The first-order valence-corrected chi connectivity index (χ1v) is 12.8. The van der Waals surface area contributed by atoms with Crippen molar-refractivity contribution in [1.82, 2.24) is 14.2 Å². The number of likely N-dealkylation sites (tertiary alicyclic amines) is 1. The zero-order chi connectivity index (χ0) is 21.4. The number of para-hydroxylation sites is 1. The molecule has 3 heterocycles. The van der Waals surface area contributed by atoms with E-state index < -0.39 is 10.0 Å². The van der Waals surface area contributed by atoms with Gasteiger partial charge in [-0.1, -0.05) is 30.3 Å². The molecular formula is C25H31N3O2S. The fourth-order valence-corrected chi connectivity index (χ4v) is 7.17. The number of sulfonamides is 1. The van der Waals surface area contributed by atoms with Gasteiger partial charge in [-0.25, -0.2) is 8.42 Å². The maximum absolute atomic E-state index is 13.3. The van der Waals surface area contributed by atoms with Crippen molar-refractivity contribution < 1.29 is 8.42 Å². The highest BCUT2D eigenvalue weighted by Crippen LogP contribution is 2.34. The molecule has 0 amide bonds. The van der Waals surface area contributed by atoms with E-state index in [2.05, 4.69) is 40.3 Å². The maximum atomic E-state index is 13.3. The molecule has 5 nitrogen and oxygen atoms in total. The third kappa shape index (κ3) is 4.04. The Morgan fingerprint density at radius 2 is 1.81 bits per heavy atom. The first-order valence-electron chi connectivity index (χ1n) is 11.4. The number of benzene rings is 2. The molecule has 0 saturated carbocycles. The maximum Gasteiger partial charge on any atom is 0.243 e. The Balaban J connectivity index is 1.24. The topological polar surface area (TPSA) is 56.4 Å². The summed E-state index contributed by atoms with van der Waals surface area (Å²) in [7, 11) is -3.43. The molecule has 2 aliphatic rings. The predicted molar refractivity (Wildman–Crippen MR) is 125 cm³/mol. The van der Waals surface area contributed by atoms with Crippen LogP contribution >= 0.6 is 0 Å². The second-order valence-corrected chi connectivity index (χ2v) is 11.0. The van der Waals surface area contributed by atoms with Crippen LogP contribution in [0.5, 0.6) is 0 Å². The van der Waals surface area contributed by atoms with E-state index in [0.717, 1.165) is 50.9 Å². The van der Waals surface area contributed by atoms with Crippen LogP contribution in [0.1, 0.15) is 42.7 Å². The summed E-state index contributed by atoms with van der Waals surface area (Å²) >= 11 is 0. The lowest BCUT2D eigenvalue weighted by atomic mass is 9.89. The van der Waals surface area contributed by atoms with Crippen LogP contribution in [-0.4, -0.2) is 54.8 Å². The van der Waals surface area contributed by atoms with Gasteiger partial charge in [0.2, 0.25) is 10.0 Å². The van der Waals surface area contributed by atoms with Crippen molar-refractivity contribution in [2.75, 3.05) is 26.2 Å². The summed E-state index contributed by atoms with van der Waals surface area (Å²) in [5.41, 5.74) is 3.62. The average Bonchev–Trinajstić information content (AvgIpc) is 3.42. The van der Waals surface area contributed by atoms with Gasteiger partial charge in [-0.2, -0.15) is 4.31 Å². The van der Waals surface area contributed by atoms with Crippen molar-refractivity contribution in [2.24, 2.45) is 0 Å². The van der Waals surface area contributed by atoms with E-state index in [0.29, 0.717) is 17.4 Å². The van der Waals surface area contributed by atoms with Crippen LogP contribution in [0, 0.1) is 6.92 Å². The Kier molecular flexibility index (Phi) is 5.63. The molecule has 2 aromatic carbocycles. The lowest BCUT2D eigenvalue weighted by Crippen LogP contribution is -2.45. The third-order valence-corrected chi connectivity index (χ3v) is 8.98. The molecule has 2 fully saturated rings. The third-order valence-electron chi connectivity index (χ3n) is 7.04. The highest BCUT2D eigenvalue weighted by atomic mass is 32.2. The summed E-state index contributed by atoms with van der Waals surface area (Å²) in [6, 6.07) is 15.9. The van der Waals surface area contributed by atoms with Gasteiger partial charge in [-0.3, -0.25) is 0 Å². The highest BCUT2D eigenvalue weighted by molar-refractivity contribution is 7.89. The number of aromatic nitrogens is 1. The summed E-state index contributed by atoms with van der Waals surface area (Å²) in [6.07, 6.45) is 6.32. The minimum atomic E-state index is -3.43. The van der Waals surface area contributed by atoms with Gasteiger partial charge in [-0.15, -0.1) is 0 Å². The Hall–Kier alpha value is -2.15. The number of nitrogens with one attached hydrogen (secondary N) is 1. The van der Waals surface area contributed by atoms with Crippen molar-refractivity contribution in [2.45, 2.75) is 49.5 Å². The van der Waals surface area contributed by atoms with Crippen molar-refractivity contribution >= 4 is 20.9 Å². The van der Waals surface area contributed by atoms with Crippen molar-refractivity contribution in [1.29, 1.82) is 0 Å². The minimum absolute atomic E-state index is 0.0788. The monoisotopic (exact) mass is 437 g/mol. The molecule has 0 bridgehead atoms. The van der Waals surface area contributed by atoms with Gasteiger partial charge in [0.15, 0.2) is 0 Å². The summed E-state index contributed by atoms with van der Waals surface area (Å²) in [5, 5.41) is 1.34. The number of hydrogen-bond donors (Lipinski definition) is 1. The molecule has 5 rings (SSSR count). The number of hydrogen-bond acceptors (Lipinski definition) is 3. The molecule has 1 aromatic heterocycles. The zero-order valence-corrected chi connectivity index (χ0v) is 18.9. The number of rotatable bonds is 5. The molecule has 2 saturated heterocycles. The van der Waals surface area contributed by atoms with Crippen LogP contribution in [0.25, 0.3) is 10.9 Å². The standard InChI is InChI=1S/C25H31N3O2S/c1-19-6-4-8-22(16-19)31(29,30)28-13-5-7-21(28)18-27-14-11-20(12-15-27)24-17-26-25-10-3-2-9-23(24)25/h2-4,6,8-10,16-17,20-21,26H,5,7,11-15,18H2,1H3/t21-/m1/s1. The lowest BCUT2D eigenvalue weighted by Gasteiger charge is -2.35. The molecular weight excluding hydrogens is 406 g/mol. The van der Waals surface area contributed by atoms with E-state index >= 15 is 0 Å². The Bertz CT molecular complexity index is 1160. The molecule has 164 valence electrons. The average molecular weight is 438 g/mol. The smallest absolute Gasteiger partial charge is 0.243 e. The summed E-state index contributed by atoms with van der Waals surface area (Å²) < 4.78 is 28.3. The normalized spacial score (nSPS) is 21.8. The van der Waals surface area contributed by atoms with Crippen LogP contribution in [0.2, 0.25) is 0 Å². The molecule has 2 aliphatic heterocycles. The minimum Gasteiger partial charge on any atom is -0.361 e. The Morgan fingerprint density at radius 3 is 2.61 bits per heavy atom. The second-order valence-electron chi connectivity index (χ2n) is 9.09. The number of aryl methyl sites for hydroxylation is 1. The molecule has 6 heteroatoms. The van der Waals surface area contributed by atoms with E-state index in [9.17, 15) is 8.42 Å². The van der Waals surface area contributed by atoms with Crippen LogP contribution in [0.15, 0.2) is 59.6 Å². The van der Waals surface area contributed by atoms with Gasteiger partial charge < -0.3 is 9.88 Å². The molecule has 1 N–H and O–H groups in total. The van der Waals surface area contributed by atoms with Gasteiger partial charge >= 0.3 is 0 Å². The zero-order valence-electron chi connectivity index (χ0n) is 18.1. The quantitative estimate of drug-likeness (QED) is 0.639. The van der Waals surface area contributed by atoms with Crippen LogP contribution in [0.3, 0.4) is 0 Å². The van der Waals surface area contributed by atoms with E-state index in [1.165, 1.54) is 16.5 Å². The summed E-state index contributed by atoms with van der Waals surface area (Å²) in [4.78, 5) is 6.31. The molecule has 0 radical (unpaired) electrons. The SMILES string of the molecule is Cc1cccc(S(=O)(=O)N2CCC[C@@H]2CN2CCC(c3c[nH]c4ccccc34)CC2)c1. The number of H-pyrrole nitrogens is 1. The van der Waals surface area contributed by atoms with Crippen LogP contribution in [0.4, 0.5) is 0 Å². The molecule has 31 heavy (non-hydrogen) atoms. The molecule has 0 unspecified atom stereocenters. The summed E-state index contributed by atoms with van der Waals surface area (Å²) in [6.45, 7) is 5.47. The second kappa shape index (κ2) is 8.41. The molecule has 3 aromatic rings. The fraction of sp³-hybridized carbons (Fsp3) is 0.440. The van der Waals surface area contributed by atoms with Crippen molar-refractivity contribution in [3.8, 4) is 0 Å². The van der Waals surface area contributed by atoms with E-state index in [1.807, 2.05) is 19.1 Å². The molecule has 1 atom stereocenters. The number of piperidine rings is 1. The first-order chi connectivity index (χ1) is 15.0. The Morgan fingerprint density at radius 1 is 1.00 bits per heavy atom.